The van der Waals surface area contributed by atoms with Gasteiger partial charge in [0.1, 0.15) is 11.6 Å². The van der Waals surface area contributed by atoms with Gasteiger partial charge < -0.3 is 10.3 Å². The molecular weight excluding hydrogens is 265 g/mol. The molecular formula is C17H18FN3. The van der Waals surface area contributed by atoms with Crippen LogP contribution in [0, 0.1) is 5.82 Å². The van der Waals surface area contributed by atoms with Crippen LogP contribution in [0.2, 0.25) is 0 Å². The summed E-state index contributed by atoms with van der Waals surface area (Å²) in [5.41, 5.74) is 8.51. The summed E-state index contributed by atoms with van der Waals surface area (Å²) in [5.74, 6) is 0.633. The zero-order chi connectivity index (χ0) is 14.8. The van der Waals surface area contributed by atoms with Crippen LogP contribution in [-0.4, -0.2) is 16.1 Å². The quantitative estimate of drug-likeness (QED) is 0.798. The topological polar surface area (TPSA) is 43.8 Å². The second-order valence-corrected chi connectivity index (χ2v) is 5.16. The van der Waals surface area contributed by atoms with Crippen molar-refractivity contribution in [3.8, 4) is 0 Å². The highest BCUT2D eigenvalue weighted by atomic mass is 19.1. The zero-order valence-corrected chi connectivity index (χ0v) is 12.0. The van der Waals surface area contributed by atoms with E-state index in [0.29, 0.717) is 18.5 Å². The number of aromatic nitrogens is 2. The van der Waals surface area contributed by atoms with Gasteiger partial charge in [0.05, 0.1) is 17.1 Å². The van der Waals surface area contributed by atoms with E-state index in [4.69, 9.17) is 5.73 Å². The molecule has 1 atom stereocenters. The van der Waals surface area contributed by atoms with Crippen molar-refractivity contribution in [3.05, 3.63) is 65.7 Å². The van der Waals surface area contributed by atoms with E-state index in [-0.39, 0.29) is 11.9 Å². The van der Waals surface area contributed by atoms with E-state index in [9.17, 15) is 4.39 Å². The Morgan fingerprint density at radius 2 is 1.95 bits per heavy atom. The molecule has 3 aromatic rings. The fourth-order valence-electron chi connectivity index (χ4n) is 2.74. The molecule has 0 bridgehead atoms. The summed E-state index contributed by atoms with van der Waals surface area (Å²) < 4.78 is 15.6. The summed E-state index contributed by atoms with van der Waals surface area (Å²) in [5, 5.41) is 0. The maximum absolute atomic E-state index is 13.4. The van der Waals surface area contributed by atoms with Crippen LogP contribution >= 0.6 is 0 Å². The van der Waals surface area contributed by atoms with Gasteiger partial charge in [-0.3, -0.25) is 0 Å². The van der Waals surface area contributed by atoms with Crippen molar-refractivity contribution in [1.82, 2.24) is 9.55 Å². The van der Waals surface area contributed by atoms with E-state index >= 15 is 0 Å². The summed E-state index contributed by atoms with van der Waals surface area (Å²) in [6.45, 7) is 2.65. The summed E-state index contributed by atoms with van der Waals surface area (Å²) in [4.78, 5) is 4.55. The Morgan fingerprint density at radius 1 is 1.19 bits per heavy atom. The molecule has 3 rings (SSSR count). The number of nitrogens with zero attached hydrogens (tertiary/aromatic N) is 2. The van der Waals surface area contributed by atoms with E-state index in [1.165, 1.54) is 17.7 Å². The van der Waals surface area contributed by atoms with E-state index in [1.807, 2.05) is 18.2 Å². The molecule has 0 amide bonds. The fraction of sp³-hybridized carbons (Fsp3) is 0.235. The largest absolute Gasteiger partial charge is 0.330 e. The molecule has 3 nitrogen and oxygen atoms in total. The molecule has 0 aliphatic rings. The van der Waals surface area contributed by atoms with Gasteiger partial charge in [0.25, 0.3) is 0 Å². The second-order valence-electron chi connectivity index (χ2n) is 5.16. The Labute approximate surface area is 123 Å². The third kappa shape index (κ3) is 2.54. The summed E-state index contributed by atoms with van der Waals surface area (Å²) in [6, 6.07) is 15.1. The molecule has 0 aliphatic carbocycles. The van der Waals surface area contributed by atoms with Crippen molar-refractivity contribution in [2.75, 3.05) is 6.54 Å². The third-order valence-corrected chi connectivity index (χ3v) is 3.76. The van der Waals surface area contributed by atoms with E-state index in [1.54, 1.807) is 6.07 Å². The van der Waals surface area contributed by atoms with Crippen molar-refractivity contribution < 1.29 is 4.39 Å². The molecule has 108 valence electrons. The molecule has 0 fully saturated rings. The lowest BCUT2D eigenvalue weighted by Crippen LogP contribution is -2.14. The first kappa shape index (κ1) is 13.8. The van der Waals surface area contributed by atoms with Crippen LogP contribution < -0.4 is 5.73 Å². The Balaban J connectivity index is 2.17. The Bertz CT molecular complexity index is 749. The minimum atomic E-state index is -0.265. The van der Waals surface area contributed by atoms with Gasteiger partial charge in [-0.25, -0.2) is 9.37 Å². The SMILES string of the molecule is CC(c1ccccc1)n1c(CCN)nc2cc(F)ccc21. The molecule has 2 aromatic carbocycles. The average molecular weight is 283 g/mol. The number of nitrogens with two attached hydrogens (primary N) is 1. The summed E-state index contributed by atoms with van der Waals surface area (Å²) >= 11 is 0. The summed E-state index contributed by atoms with van der Waals surface area (Å²) in [7, 11) is 0. The number of imidazole rings is 1. The van der Waals surface area contributed by atoms with Crippen LogP contribution in [0.15, 0.2) is 48.5 Å². The van der Waals surface area contributed by atoms with Crippen molar-refractivity contribution in [1.29, 1.82) is 0 Å². The number of hydrogen-bond donors (Lipinski definition) is 1. The smallest absolute Gasteiger partial charge is 0.125 e. The monoisotopic (exact) mass is 283 g/mol. The maximum atomic E-state index is 13.4. The zero-order valence-electron chi connectivity index (χ0n) is 12.0. The molecule has 0 saturated carbocycles. The number of halogens is 1. The number of fused-ring (bicyclic) bond motifs is 1. The van der Waals surface area contributed by atoms with E-state index < -0.39 is 0 Å². The molecule has 0 aliphatic heterocycles. The Morgan fingerprint density at radius 3 is 2.67 bits per heavy atom. The van der Waals surface area contributed by atoms with Crippen LogP contribution in [0.1, 0.15) is 24.4 Å². The maximum Gasteiger partial charge on any atom is 0.125 e. The Hall–Kier alpha value is -2.20. The van der Waals surface area contributed by atoms with Crippen molar-refractivity contribution in [2.24, 2.45) is 5.73 Å². The van der Waals surface area contributed by atoms with Gasteiger partial charge >= 0.3 is 0 Å². The minimum Gasteiger partial charge on any atom is -0.330 e. The first-order chi connectivity index (χ1) is 10.2. The molecule has 21 heavy (non-hydrogen) atoms. The van der Waals surface area contributed by atoms with Crippen LogP contribution in [0.4, 0.5) is 4.39 Å². The lowest BCUT2D eigenvalue weighted by atomic mass is 10.1. The second kappa shape index (κ2) is 5.66. The van der Waals surface area contributed by atoms with E-state index in [0.717, 1.165) is 11.3 Å². The fourth-order valence-corrected chi connectivity index (χ4v) is 2.74. The van der Waals surface area contributed by atoms with Crippen LogP contribution in [0.3, 0.4) is 0 Å². The van der Waals surface area contributed by atoms with Crippen molar-refractivity contribution >= 4 is 11.0 Å². The molecule has 4 heteroatoms. The minimum absolute atomic E-state index is 0.128. The molecule has 0 saturated heterocycles. The lowest BCUT2D eigenvalue weighted by Gasteiger charge is -2.18. The van der Waals surface area contributed by atoms with Crippen LogP contribution in [-0.2, 0) is 6.42 Å². The first-order valence-electron chi connectivity index (χ1n) is 7.12. The predicted octanol–water partition coefficient (Wildman–Crippen LogP) is 3.29. The van der Waals surface area contributed by atoms with Crippen LogP contribution in [0.25, 0.3) is 11.0 Å². The molecule has 2 N–H and O–H groups in total. The van der Waals surface area contributed by atoms with Crippen LogP contribution in [0.5, 0.6) is 0 Å². The molecule has 0 spiro atoms. The van der Waals surface area contributed by atoms with Gasteiger partial charge in [-0.1, -0.05) is 30.3 Å². The van der Waals surface area contributed by atoms with Crippen molar-refractivity contribution in [3.63, 3.8) is 0 Å². The first-order valence-corrected chi connectivity index (χ1v) is 7.12. The van der Waals surface area contributed by atoms with Gasteiger partial charge in [-0.2, -0.15) is 0 Å². The molecule has 1 unspecified atom stereocenters. The molecule has 1 heterocycles. The standard InChI is InChI=1S/C17H18FN3/c1-12(13-5-3-2-4-6-13)21-16-8-7-14(18)11-15(16)20-17(21)9-10-19/h2-8,11-12H,9-10,19H2,1H3. The number of rotatable bonds is 4. The highest BCUT2D eigenvalue weighted by Crippen LogP contribution is 2.26. The van der Waals surface area contributed by atoms with Gasteiger partial charge in [-0.05, 0) is 31.2 Å². The third-order valence-electron chi connectivity index (χ3n) is 3.76. The number of benzene rings is 2. The van der Waals surface area contributed by atoms with Crippen molar-refractivity contribution in [2.45, 2.75) is 19.4 Å². The van der Waals surface area contributed by atoms with Gasteiger partial charge in [0, 0.05) is 12.5 Å². The Kier molecular flexibility index (Phi) is 3.71. The van der Waals surface area contributed by atoms with Gasteiger partial charge in [0.2, 0.25) is 0 Å². The lowest BCUT2D eigenvalue weighted by molar-refractivity contribution is 0.616. The highest BCUT2D eigenvalue weighted by molar-refractivity contribution is 5.76. The number of hydrogen-bond acceptors (Lipinski definition) is 2. The normalized spacial score (nSPS) is 12.7. The van der Waals surface area contributed by atoms with Gasteiger partial charge in [0.15, 0.2) is 0 Å². The predicted molar refractivity (Wildman–Crippen MR) is 82.7 cm³/mol. The summed E-state index contributed by atoms with van der Waals surface area (Å²) in [6.07, 6.45) is 0.674. The van der Waals surface area contributed by atoms with E-state index in [2.05, 4.69) is 28.6 Å². The average Bonchev–Trinajstić information content (AvgIpc) is 2.85. The molecule has 0 radical (unpaired) electrons. The molecule has 1 aromatic heterocycles. The van der Waals surface area contributed by atoms with Gasteiger partial charge in [-0.15, -0.1) is 0 Å². The highest BCUT2D eigenvalue weighted by Gasteiger charge is 2.17.